The molecule has 106 valence electrons. The molecule has 0 fully saturated rings. The summed E-state index contributed by atoms with van der Waals surface area (Å²) in [6, 6.07) is -0.760. The summed E-state index contributed by atoms with van der Waals surface area (Å²) in [4.78, 5) is 25.3. The maximum atomic E-state index is 11.9. The van der Waals surface area contributed by atoms with Gasteiger partial charge >= 0.3 is 0 Å². The number of rotatable bonds is 5. The van der Waals surface area contributed by atoms with Gasteiger partial charge in [0.25, 0.3) is 0 Å². The van der Waals surface area contributed by atoms with Gasteiger partial charge in [0.15, 0.2) is 0 Å². The molecule has 0 radical (unpaired) electrons. The Hall–Kier alpha value is -1.10. The van der Waals surface area contributed by atoms with Gasteiger partial charge in [-0.15, -0.1) is 0 Å². The zero-order chi connectivity index (χ0) is 14.5. The molecule has 0 bridgehead atoms. The minimum Gasteiger partial charge on any atom is -0.350 e. The first-order valence-corrected chi connectivity index (χ1v) is 6.41. The summed E-state index contributed by atoms with van der Waals surface area (Å²) in [6.45, 7) is 11.9. The number of carbonyl (C=O) groups excluding carboxylic acids is 2. The Kier molecular flexibility index (Phi) is 6.32. The topological polar surface area (TPSA) is 61.4 Å². The molecule has 5 heteroatoms. The summed E-state index contributed by atoms with van der Waals surface area (Å²) in [5.41, 5.74) is -0.263. The molecule has 0 aliphatic carbocycles. The van der Waals surface area contributed by atoms with E-state index in [-0.39, 0.29) is 23.4 Å². The van der Waals surface area contributed by atoms with Crippen molar-refractivity contribution in [3.8, 4) is 0 Å². The van der Waals surface area contributed by atoms with Gasteiger partial charge in [0.05, 0.1) is 12.1 Å². The molecule has 0 aromatic heterocycles. The van der Waals surface area contributed by atoms with Crippen LogP contribution in [0.5, 0.6) is 0 Å². The van der Waals surface area contributed by atoms with Crippen LogP contribution in [-0.2, 0) is 9.59 Å². The van der Waals surface area contributed by atoms with Gasteiger partial charge in [0.1, 0.15) is 0 Å². The van der Waals surface area contributed by atoms with E-state index in [1.54, 1.807) is 25.8 Å². The van der Waals surface area contributed by atoms with Crippen molar-refractivity contribution in [1.29, 1.82) is 0 Å². The number of nitrogens with one attached hydrogen (secondary N) is 2. The highest BCUT2D eigenvalue weighted by Gasteiger charge is 2.23. The lowest BCUT2D eigenvalue weighted by molar-refractivity contribution is -0.132. The van der Waals surface area contributed by atoms with Gasteiger partial charge < -0.3 is 10.2 Å². The lowest BCUT2D eigenvalue weighted by Crippen LogP contribution is -2.54. The predicted molar refractivity (Wildman–Crippen MR) is 73.3 cm³/mol. The standard InChI is InChI=1S/C13H27N3O2/c1-8-16(7)12(18)10(3)14-9(2)11(17)15-13(4,5)6/h9-10,14H,8H2,1-7H3,(H,15,17). The SMILES string of the molecule is CCN(C)C(=O)C(C)NC(C)C(=O)NC(C)(C)C. The third kappa shape index (κ3) is 6.00. The highest BCUT2D eigenvalue weighted by molar-refractivity contribution is 5.85. The van der Waals surface area contributed by atoms with E-state index in [0.717, 1.165) is 0 Å². The van der Waals surface area contributed by atoms with E-state index in [4.69, 9.17) is 0 Å². The third-order valence-corrected chi connectivity index (χ3v) is 2.61. The molecule has 2 atom stereocenters. The lowest BCUT2D eigenvalue weighted by atomic mass is 10.1. The molecule has 0 aliphatic rings. The minimum absolute atomic E-state index is 0.00657. The van der Waals surface area contributed by atoms with Crippen molar-refractivity contribution < 1.29 is 9.59 Å². The highest BCUT2D eigenvalue weighted by atomic mass is 16.2. The Labute approximate surface area is 110 Å². The summed E-state index contributed by atoms with van der Waals surface area (Å²) in [5.74, 6) is -0.103. The summed E-state index contributed by atoms with van der Waals surface area (Å²) in [5, 5.41) is 5.89. The molecule has 0 aliphatic heterocycles. The molecular weight excluding hydrogens is 230 g/mol. The molecule has 2 unspecified atom stereocenters. The van der Waals surface area contributed by atoms with Crippen LogP contribution in [0.1, 0.15) is 41.5 Å². The number of hydrogen-bond acceptors (Lipinski definition) is 3. The van der Waals surface area contributed by atoms with E-state index in [0.29, 0.717) is 6.54 Å². The maximum absolute atomic E-state index is 11.9. The fourth-order valence-corrected chi connectivity index (χ4v) is 1.49. The van der Waals surface area contributed by atoms with Gasteiger partial charge in [-0.3, -0.25) is 14.9 Å². The normalized spacial score (nSPS) is 14.8. The highest BCUT2D eigenvalue weighted by Crippen LogP contribution is 2.00. The summed E-state index contributed by atoms with van der Waals surface area (Å²) < 4.78 is 0. The van der Waals surface area contributed by atoms with Crippen molar-refractivity contribution in [3.63, 3.8) is 0 Å². The largest absolute Gasteiger partial charge is 0.350 e. The molecule has 0 saturated carbocycles. The zero-order valence-corrected chi connectivity index (χ0v) is 12.6. The van der Waals surface area contributed by atoms with Gasteiger partial charge in [-0.05, 0) is 41.5 Å². The van der Waals surface area contributed by atoms with Gasteiger partial charge in [0.2, 0.25) is 11.8 Å². The predicted octanol–water partition coefficient (Wildman–Crippen LogP) is 0.746. The van der Waals surface area contributed by atoms with Crippen molar-refractivity contribution in [2.24, 2.45) is 0 Å². The average molecular weight is 257 g/mol. The fraction of sp³-hybridized carbons (Fsp3) is 0.846. The molecule has 0 rings (SSSR count). The van der Waals surface area contributed by atoms with Crippen LogP contribution in [-0.4, -0.2) is 47.9 Å². The average Bonchev–Trinajstić information content (AvgIpc) is 2.24. The molecule has 2 amide bonds. The van der Waals surface area contributed by atoms with E-state index in [9.17, 15) is 9.59 Å². The number of amides is 2. The molecule has 2 N–H and O–H groups in total. The van der Waals surface area contributed by atoms with Crippen molar-refractivity contribution >= 4 is 11.8 Å². The van der Waals surface area contributed by atoms with Crippen molar-refractivity contribution in [2.75, 3.05) is 13.6 Å². The van der Waals surface area contributed by atoms with Crippen molar-refractivity contribution in [1.82, 2.24) is 15.5 Å². The fourth-order valence-electron chi connectivity index (χ4n) is 1.49. The first kappa shape index (κ1) is 16.9. The van der Waals surface area contributed by atoms with E-state index in [2.05, 4.69) is 10.6 Å². The van der Waals surface area contributed by atoms with Crippen LogP contribution >= 0.6 is 0 Å². The van der Waals surface area contributed by atoms with Crippen LogP contribution in [0.4, 0.5) is 0 Å². The van der Waals surface area contributed by atoms with Crippen molar-refractivity contribution in [2.45, 2.75) is 59.2 Å². The molecular formula is C13H27N3O2. The Morgan fingerprint density at radius 2 is 1.67 bits per heavy atom. The second-order valence-corrected chi connectivity index (χ2v) is 5.70. The second-order valence-electron chi connectivity index (χ2n) is 5.70. The minimum atomic E-state index is -0.395. The Bertz CT molecular complexity index is 297. The molecule has 0 aromatic rings. The van der Waals surface area contributed by atoms with Crippen LogP contribution in [0, 0.1) is 0 Å². The molecule has 0 saturated heterocycles. The molecule has 0 heterocycles. The zero-order valence-electron chi connectivity index (χ0n) is 12.6. The Balaban J connectivity index is 4.35. The molecule has 5 nitrogen and oxygen atoms in total. The van der Waals surface area contributed by atoms with Crippen LogP contribution in [0.3, 0.4) is 0 Å². The van der Waals surface area contributed by atoms with Gasteiger partial charge in [0, 0.05) is 19.1 Å². The Morgan fingerprint density at radius 3 is 2.06 bits per heavy atom. The van der Waals surface area contributed by atoms with E-state index in [1.807, 2.05) is 27.7 Å². The van der Waals surface area contributed by atoms with Crippen LogP contribution in [0.25, 0.3) is 0 Å². The first-order valence-electron chi connectivity index (χ1n) is 6.41. The summed E-state index contributed by atoms with van der Waals surface area (Å²) in [7, 11) is 1.75. The first-order chi connectivity index (χ1) is 8.08. The number of likely N-dealkylation sites (N-methyl/N-ethyl adjacent to an activating group) is 1. The molecule has 0 aromatic carbocycles. The lowest BCUT2D eigenvalue weighted by Gasteiger charge is -2.26. The van der Waals surface area contributed by atoms with Crippen molar-refractivity contribution in [3.05, 3.63) is 0 Å². The van der Waals surface area contributed by atoms with Gasteiger partial charge in [-0.2, -0.15) is 0 Å². The number of nitrogens with zero attached hydrogens (tertiary/aromatic N) is 1. The third-order valence-electron chi connectivity index (χ3n) is 2.61. The smallest absolute Gasteiger partial charge is 0.239 e. The van der Waals surface area contributed by atoms with E-state index in [1.165, 1.54) is 0 Å². The van der Waals surface area contributed by atoms with Gasteiger partial charge in [-0.25, -0.2) is 0 Å². The number of carbonyl (C=O) groups is 2. The van der Waals surface area contributed by atoms with E-state index >= 15 is 0 Å². The van der Waals surface area contributed by atoms with Crippen LogP contribution in [0.15, 0.2) is 0 Å². The molecule has 18 heavy (non-hydrogen) atoms. The maximum Gasteiger partial charge on any atom is 0.239 e. The van der Waals surface area contributed by atoms with Gasteiger partial charge in [-0.1, -0.05) is 0 Å². The van der Waals surface area contributed by atoms with Crippen LogP contribution in [0.2, 0.25) is 0 Å². The summed E-state index contributed by atoms with van der Waals surface area (Å²) in [6.07, 6.45) is 0. The second kappa shape index (κ2) is 6.73. The van der Waals surface area contributed by atoms with Crippen LogP contribution < -0.4 is 10.6 Å². The quantitative estimate of drug-likeness (QED) is 0.764. The van der Waals surface area contributed by atoms with E-state index < -0.39 is 6.04 Å². The summed E-state index contributed by atoms with van der Waals surface area (Å²) >= 11 is 0. The molecule has 0 spiro atoms. The Morgan fingerprint density at radius 1 is 1.17 bits per heavy atom. The monoisotopic (exact) mass is 257 g/mol. The number of hydrogen-bond donors (Lipinski definition) is 2.